The van der Waals surface area contributed by atoms with Crippen LogP contribution in [-0.4, -0.2) is 21.6 Å². The molecule has 6 heteroatoms. The number of fused-ring (bicyclic) bond motifs is 1. The molecule has 5 nitrogen and oxygen atoms in total. The van der Waals surface area contributed by atoms with Crippen LogP contribution < -0.4 is 5.32 Å². The summed E-state index contributed by atoms with van der Waals surface area (Å²) >= 11 is 1.26. The van der Waals surface area contributed by atoms with Crippen molar-refractivity contribution in [1.82, 2.24) is 15.3 Å². The number of rotatable bonds is 6. The predicted octanol–water partition coefficient (Wildman–Crippen LogP) is 4.53. The van der Waals surface area contributed by atoms with E-state index < -0.39 is 0 Å². The van der Waals surface area contributed by atoms with Crippen LogP contribution in [0.1, 0.15) is 22.9 Å². The first-order valence-electron chi connectivity index (χ1n) is 8.95. The summed E-state index contributed by atoms with van der Waals surface area (Å²) in [5.41, 5.74) is 4.14. The second-order valence-corrected chi connectivity index (χ2v) is 7.29. The highest BCUT2D eigenvalue weighted by atomic mass is 32.2. The fraction of sp³-hybridized carbons (Fsp3) is 0.136. The van der Waals surface area contributed by atoms with Crippen LogP contribution in [0, 0.1) is 6.92 Å². The van der Waals surface area contributed by atoms with Crippen molar-refractivity contribution in [3.05, 3.63) is 89.6 Å². The molecule has 1 N–H and O–H groups in total. The van der Waals surface area contributed by atoms with Gasteiger partial charge in [-0.2, -0.15) is 4.98 Å². The lowest BCUT2D eigenvalue weighted by molar-refractivity contribution is -0.119. The van der Waals surface area contributed by atoms with Gasteiger partial charge in [0.25, 0.3) is 5.22 Å². The number of aryl methyl sites for hydroxylation is 1. The van der Waals surface area contributed by atoms with Crippen molar-refractivity contribution in [3.8, 4) is 0 Å². The van der Waals surface area contributed by atoms with Gasteiger partial charge in [-0.25, -0.2) is 4.98 Å². The predicted molar refractivity (Wildman–Crippen MR) is 110 cm³/mol. The third-order valence-corrected chi connectivity index (χ3v) is 5.10. The molecule has 0 spiro atoms. The number of pyridine rings is 1. The second kappa shape index (κ2) is 8.27. The average molecular weight is 389 g/mol. The van der Waals surface area contributed by atoms with Crippen molar-refractivity contribution in [2.24, 2.45) is 0 Å². The highest BCUT2D eigenvalue weighted by molar-refractivity contribution is 7.99. The number of carbonyl (C=O) groups is 1. The Kier molecular flexibility index (Phi) is 5.39. The van der Waals surface area contributed by atoms with E-state index in [1.54, 1.807) is 0 Å². The first-order chi connectivity index (χ1) is 13.7. The molecule has 2 aromatic heterocycles. The Bertz CT molecular complexity index is 1040. The van der Waals surface area contributed by atoms with Gasteiger partial charge < -0.3 is 9.73 Å². The minimum absolute atomic E-state index is 0.0888. The van der Waals surface area contributed by atoms with E-state index in [9.17, 15) is 4.79 Å². The quantitative estimate of drug-likeness (QED) is 0.491. The highest BCUT2D eigenvalue weighted by Gasteiger charge is 2.17. The topological polar surface area (TPSA) is 68.0 Å². The molecule has 0 atom stereocenters. The van der Waals surface area contributed by atoms with Gasteiger partial charge in [-0.15, -0.1) is 0 Å². The summed E-state index contributed by atoms with van der Waals surface area (Å²) in [5, 5.41) is 3.56. The Hall–Kier alpha value is -3.12. The van der Waals surface area contributed by atoms with Gasteiger partial charge in [0.15, 0.2) is 11.2 Å². The normalized spacial score (nSPS) is 11.1. The number of aromatic nitrogens is 2. The van der Waals surface area contributed by atoms with Crippen molar-refractivity contribution < 1.29 is 9.21 Å². The van der Waals surface area contributed by atoms with E-state index in [0.29, 0.717) is 16.5 Å². The zero-order valence-electron chi connectivity index (χ0n) is 15.3. The van der Waals surface area contributed by atoms with E-state index in [2.05, 4.69) is 15.3 Å². The minimum Gasteiger partial charge on any atom is -0.430 e. The lowest BCUT2D eigenvalue weighted by Gasteiger charge is -2.19. The molecule has 0 unspecified atom stereocenters. The van der Waals surface area contributed by atoms with Crippen molar-refractivity contribution in [3.63, 3.8) is 0 Å². The molecule has 0 radical (unpaired) electrons. The Morgan fingerprint density at radius 3 is 2.25 bits per heavy atom. The van der Waals surface area contributed by atoms with E-state index >= 15 is 0 Å². The molecule has 0 aliphatic heterocycles. The van der Waals surface area contributed by atoms with Gasteiger partial charge in [-0.1, -0.05) is 72.4 Å². The largest absolute Gasteiger partial charge is 0.430 e. The summed E-state index contributed by atoms with van der Waals surface area (Å²) in [6.45, 7) is 1.90. The van der Waals surface area contributed by atoms with Crippen LogP contribution in [0.25, 0.3) is 11.2 Å². The van der Waals surface area contributed by atoms with Crippen LogP contribution in [0.2, 0.25) is 0 Å². The summed E-state index contributed by atoms with van der Waals surface area (Å²) < 4.78 is 5.66. The van der Waals surface area contributed by atoms with Crippen LogP contribution in [0.5, 0.6) is 0 Å². The molecular formula is C22H19N3O2S. The van der Waals surface area contributed by atoms with Crippen LogP contribution in [-0.2, 0) is 4.79 Å². The zero-order valence-corrected chi connectivity index (χ0v) is 16.1. The van der Waals surface area contributed by atoms with E-state index in [1.165, 1.54) is 11.8 Å². The Morgan fingerprint density at radius 2 is 1.61 bits per heavy atom. The standard InChI is InChI=1S/C22H19N3O2S/c1-15-12-13-18-21(23-15)25-22(27-18)28-14-19(26)24-20(16-8-4-2-5-9-16)17-10-6-3-7-11-17/h2-13,20H,14H2,1H3,(H,24,26). The number of oxazole rings is 1. The molecule has 0 aliphatic rings. The molecule has 0 saturated heterocycles. The summed E-state index contributed by atoms with van der Waals surface area (Å²) in [6.07, 6.45) is 0. The fourth-order valence-electron chi connectivity index (χ4n) is 2.94. The Labute approximate surface area is 167 Å². The van der Waals surface area contributed by atoms with E-state index in [1.807, 2.05) is 79.7 Å². The SMILES string of the molecule is Cc1ccc2oc(SCC(=O)NC(c3ccccc3)c3ccccc3)nc2n1. The molecule has 0 saturated carbocycles. The van der Waals surface area contributed by atoms with Crippen molar-refractivity contribution in [2.45, 2.75) is 18.2 Å². The van der Waals surface area contributed by atoms with Gasteiger partial charge in [0.2, 0.25) is 5.91 Å². The summed E-state index contributed by atoms with van der Waals surface area (Å²) in [7, 11) is 0. The lowest BCUT2D eigenvalue weighted by Crippen LogP contribution is -2.30. The monoisotopic (exact) mass is 389 g/mol. The molecular weight excluding hydrogens is 370 g/mol. The fourth-order valence-corrected chi connectivity index (χ4v) is 3.57. The first-order valence-corrected chi connectivity index (χ1v) is 9.94. The highest BCUT2D eigenvalue weighted by Crippen LogP contribution is 2.24. The number of nitrogens with one attached hydrogen (secondary N) is 1. The molecule has 0 bridgehead atoms. The number of hydrogen-bond donors (Lipinski definition) is 1. The molecule has 2 heterocycles. The van der Waals surface area contributed by atoms with Gasteiger partial charge in [-0.05, 0) is 30.2 Å². The number of hydrogen-bond acceptors (Lipinski definition) is 5. The molecule has 140 valence electrons. The van der Waals surface area contributed by atoms with Gasteiger partial charge in [0.1, 0.15) is 0 Å². The molecule has 2 aromatic carbocycles. The smallest absolute Gasteiger partial charge is 0.258 e. The van der Waals surface area contributed by atoms with Crippen molar-refractivity contribution in [1.29, 1.82) is 0 Å². The minimum atomic E-state index is -0.205. The zero-order chi connectivity index (χ0) is 19.3. The number of amides is 1. The van der Waals surface area contributed by atoms with Crippen molar-refractivity contribution in [2.75, 3.05) is 5.75 Å². The summed E-state index contributed by atoms with van der Waals surface area (Å²) in [4.78, 5) is 21.3. The maximum absolute atomic E-state index is 12.6. The van der Waals surface area contributed by atoms with Crippen LogP contribution in [0.4, 0.5) is 0 Å². The average Bonchev–Trinajstić information content (AvgIpc) is 3.14. The van der Waals surface area contributed by atoms with Gasteiger partial charge >= 0.3 is 0 Å². The molecule has 1 amide bonds. The third kappa shape index (κ3) is 4.23. The van der Waals surface area contributed by atoms with E-state index in [0.717, 1.165) is 16.8 Å². The third-order valence-electron chi connectivity index (χ3n) is 4.27. The van der Waals surface area contributed by atoms with E-state index in [4.69, 9.17) is 4.42 Å². The molecule has 28 heavy (non-hydrogen) atoms. The molecule has 0 aliphatic carbocycles. The van der Waals surface area contributed by atoms with Crippen LogP contribution >= 0.6 is 11.8 Å². The van der Waals surface area contributed by atoms with Gasteiger partial charge in [0, 0.05) is 5.69 Å². The lowest BCUT2D eigenvalue weighted by atomic mass is 9.99. The van der Waals surface area contributed by atoms with Gasteiger partial charge in [0.05, 0.1) is 11.8 Å². The maximum Gasteiger partial charge on any atom is 0.258 e. The van der Waals surface area contributed by atoms with Crippen molar-refractivity contribution >= 4 is 28.9 Å². The van der Waals surface area contributed by atoms with Gasteiger partial charge in [-0.3, -0.25) is 4.79 Å². The molecule has 4 rings (SSSR count). The molecule has 4 aromatic rings. The van der Waals surface area contributed by atoms with Crippen LogP contribution in [0.3, 0.4) is 0 Å². The summed E-state index contributed by atoms with van der Waals surface area (Å²) in [5.74, 6) is 0.121. The Balaban J connectivity index is 1.46. The Morgan fingerprint density at radius 1 is 0.964 bits per heavy atom. The number of nitrogens with zero attached hydrogens (tertiary/aromatic N) is 2. The second-order valence-electron chi connectivity index (χ2n) is 6.36. The number of carbonyl (C=O) groups excluding carboxylic acids is 1. The maximum atomic E-state index is 12.6. The van der Waals surface area contributed by atoms with E-state index in [-0.39, 0.29) is 17.7 Å². The number of thioether (sulfide) groups is 1. The number of benzene rings is 2. The van der Waals surface area contributed by atoms with Crippen LogP contribution in [0.15, 0.2) is 82.4 Å². The first kappa shape index (κ1) is 18.3. The summed E-state index contributed by atoms with van der Waals surface area (Å²) in [6, 6.07) is 23.4. The molecule has 0 fully saturated rings.